The number of aromatic nitrogens is 2. The average molecular weight is 996 g/mol. The molecule has 19 nitrogen and oxygen atoms in total. The number of hydrazine groups is 2. The first-order valence-electron chi connectivity index (χ1n) is 24.4. The van der Waals surface area contributed by atoms with Crippen LogP contribution in [0.2, 0.25) is 6.82 Å². The highest BCUT2D eigenvalue weighted by Crippen LogP contribution is 2.50. The van der Waals surface area contributed by atoms with Gasteiger partial charge in [-0.25, -0.2) is 14.2 Å². The summed E-state index contributed by atoms with van der Waals surface area (Å²) in [5.74, 6) is -0.847. The zero-order valence-electron chi connectivity index (χ0n) is 40.9. The Morgan fingerprint density at radius 3 is 2.03 bits per heavy atom. The van der Waals surface area contributed by atoms with Gasteiger partial charge < -0.3 is 38.3 Å². The molecular weight excluding hydrogens is 932 g/mol. The Kier molecular flexibility index (Phi) is 15.8. The minimum atomic E-state index is -4.09. The highest BCUT2D eigenvalue weighted by Gasteiger charge is 2.55. The number of ether oxygens (including phenoxy) is 4. The predicted molar refractivity (Wildman–Crippen MR) is 263 cm³/mol. The Morgan fingerprint density at radius 1 is 0.859 bits per heavy atom. The Morgan fingerprint density at radius 2 is 1.45 bits per heavy atom. The molecule has 5 heterocycles. The fourth-order valence-electron chi connectivity index (χ4n) is 9.27. The van der Waals surface area contributed by atoms with E-state index in [0.29, 0.717) is 61.6 Å². The van der Waals surface area contributed by atoms with Gasteiger partial charge in [0.15, 0.2) is 37.5 Å². The molecule has 0 saturated carbocycles. The second-order valence-corrected chi connectivity index (χ2v) is 20.5. The number of hydrogen-bond donors (Lipinski definition) is 1. The standard InChI is InChI=1S/C50H63BN7O12P/c1-6-7-28-64-48(59)36(2)69-71(62,70-40-22-15-10-16-23-40)35-63-27-17-26-53-43(30-37-18-11-8-12-19-37)45-46(68-50(3,4)67-45)44(31-38-20-13-9-14-21-38)54(49(53)60)32-39-24-25-42-41(29-39)47(52-57(42)51(5)61)58(55-33-65-55)56-34-66-56/h8-16,18-25,29,36,43-46,61H,6-7,17,26-28,30-35H2,1-5H3/t36-,43+,44+,45-,46-,55?,56?,71?/m0/s1. The van der Waals surface area contributed by atoms with Crippen molar-refractivity contribution in [1.82, 2.24) is 29.8 Å². The van der Waals surface area contributed by atoms with Gasteiger partial charge in [0.05, 0.1) is 24.2 Å². The lowest BCUT2D eigenvalue weighted by Crippen LogP contribution is -2.52. The number of benzene rings is 4. The molecule has 9 rings (SSSR count). The number of rotatable bonds is 24. The van der Waals surface area contributed by atoms with Crippen molar-refractivity contribution in [3.8, 4) is 5.75 Å². The summed E-state index contributed by atoms with van der Waals surface area (Å²) in [7, 11) is -5.03. The van der Waals surface area contributed by atoms with E-state index in [1.165, 1.54) is 6.92 Å². The Bertz CT molecular complexity index is 2620. The van der Waals surface area contributed by atoms with Crippen molar-refractivity contribution in [2.75, 3.05) is 44.7 Å². The maximum Gasteiger partial charge on any atom is 0.431 e. The molecule has 1 N–H and O–H groups in total. The van der Waals surface area contributed by atoms with Crippen LogP contribution >= 0.6 is 7.60 Å². The summed E-state index contributed by atoms with van der Waals surface area (Å²) in [4.78, 5) is 43.5. The van der Waals surface area contributed by atoms with Gasteiger partial charge in [-0.05, 0) is 94.2 Å². The summed E-state index contributed by atoms with van der Waals surface area (Å²) < 4.78 is 52.9. The van der Waals surface area contributed by atoms with Crippen molar-refractivity contribution >= 4 is 43.4 Å². The smallest absolute Gasteiger partial charge is 0.431 e. The lowest BCUT2D eigenvalue weighted by Gasteiger charge is -2.37. The number of unbranched alkanes of at least 4 members (excludes halogenated alkanes) is 1. The number of urea groups is 1. The van der Waals surface area contributed by atoms with Crippen LogP contribution < -0.4 is 9.64 Å². The number of hydrogen-bond acceptors (Lipinski definition) is 16. The molecule has 0 radical (unpaired) electrons. The number of amides is 2. The lowest BCUT2D eigenvalue weighted by atomic mass is 9.89. The van der Waals surface area contributed by atoms with E-state index in [4.69, 9.17) is 42.8 Å². The molecule has 4 aromatic carbocycles. The van der Waals surface area contributed by atoms with Crippen molar-refractivity contribution in [3.05, 3.63) is 126 Å². The molecule has 0 spiro atoms. The Balaban J connectivity index is 1.03. The van der Waals surface area contributed by atoms with Gasteiger partial charge in [0.2, 0.25) is 0 Å². The lowest BCUT2D eigenvalue weighted by molar-refractivity contribution is -0.157. The van der Waals surface area contributed by atoms with Crippen molar-refractivity contribution in [2.45, 2.75) is 109 Å². The molecule has 5 aromatic rings. The summed E-state index contributed by atoms with van der Waals surface area (Å²) in [5.41, 5.74) is 3.54. The van der Waals surface area contributed by atoms with Crippen molar-refractivity contribution in [2.24, 2.45) is 0 Å². The van der Waals surface area contributed by atoms with Gasteiger partial charge in [-0.2, -0.15) is 10.2 Å². The Labute approximate surface area is 414 Å². The third kappa shape index (κ3) is 12.3. The van der Waals surface area contributed by atoms with Gasteiger partial charge in [0.25, 0.3) is 0 Å². The monoisotopic (exact) mass is 995 g/mol. The quantitative estimate of drug-likeness (QED) is 0.0212. The van der Waals surface area contributed by atoms with Crippen LogP contribution in [0.5, 0.6) is 5.75 Å². The Hall–Kier alpha value is -5.38. The van der Waals surface area contributed by atoms with Crippen LogP contribution in [0.1, 0.15) is 63.6 Å². The summed E-state index contributed by atoms with van der Waals surface area (Å²) in [6.45, 7) is 10.3. The molecule has 8 atom stereocenters. The van der Waals surface area contributed by atoms with E-state index in [1.807, 2.05) is 97.3 Å². The summed E-state index contributed by atoms with van der Waals surface area (Å²) in [5, 5.41) is 21.2. The van der Waals surface area contributed by atoms with E-state index in [2.05, 4.69) is 12.1 Å². The van der Waals surface area contributed by atoms with Crippen LogP contribution in [0.25, 0.3) is 10.9 Å². The van der Waals surface area contributed by atoms with E-state index < -0.39 is 63.1 Å². The molecule has 4 fully saturated rings. The summed E-state index contributed by atoms with van der Waals surface area (Å²) >= 11 is 0. The number of carbonyl (C=O) groups is 2. The van der Waals surface area contributed by atoms with Crippen LogP contribution in [0.4, 0.5) is 10.6 Å². The minimum Gasteiger partial charge on any atom is -0.464 e. The van der Waals surface area contributed by atoms with Crippen molar-refractivity contribution in [3.63, 3.8) is 0 Å². The van der Waals surface area contributed by atoms with Crippen LogP contribution in [-0.2, 0) is 61.9 Å². The van der Waals surface area contributed by atoms with E-state index in [-0.39, 0.29) is 32.3 Å². The number of nitrogens with zero attached hydrogens (tertiary/aromatic N) is 7. The molecule has 4 aliphatic heterocycles. The van der Waals surface area contributed by atoms with E-state index in [1.54, 1.807) is 57.2 Å². The molecular formula is C50H63BN7O12P. The molecule has 2 amide bonds. The predicted octanol–water partition coefficient (Wildman–Crippen LogP) is 7.41. The first-order chi connectivity index (χ1) is 34.3. The van der Waals surface area contributed by atoms with E-state index in [9.17, 15) is 14.4 Å². The molecule has 21 heteroatoms. The van der Waals surface area contributed by atoms with Gasteiger partial charge in [-0.1, -0.05) is 109 Å². The zero-order valence-corrected chi connectivity index (χ0v) is 41.8. The molecule has 378 valence electrons. The maximum atomic E-state index is 15.8. The fourth-order valence-corrected chi connectivity index (χ4v) is 10.8. The molecule has 0 aliphatic carbocycles. The zero-order chi connectivity index (χ0) is 49.7. The molecule has 1 aromatic heterocycles. The summed E-state index contributed by atoms with van der Waals surface area (Å²) in [6.07, 6.45) is 0.0619. The van der Waals surface area contributed by atoms with Crippen molar-refractivity contribution in [1.29, 1.82) is 0 Å². The van der Waals surface area contributed by atoms with Gasteiger partial charge in [-0.15, -0.1) is 0 Å². The van der Waals surface area contributed by atoms with Gasteiger partial charge in [-0.3, -0.25) is 18.8 Å². The first-order valence-corrected chi connectivity index (χ1v) is 26.1. The molecule has 4 saturated heterocycles. The fraction of sp³-hybridized carbons (Fsp3) is 0.460. The number of para-hydroxylation sites is 1. The second-order valence-electron chi connectivity index (χ2n) is 18.6. The number of fused-ring (bicyclic) bond motifs is 2. The highest BCUT2D eigenvalue weighted by atomic mass is 31.2. The minimum absolute atomic E-state index is 0.0672. The maximum absolute atomic E-state index is 15.8. The third-order valence-corrected chi connectivity index (χ3v) is 14.3. The third-order valence-electron chi connectivity index (χ3n) is 12.7. The summed E-state index contributed by atoms with van der Waals surface area (Å²) in [6, 6.07) is 33.3. The van der Waals surface area contributed by atoms with Crippen LogP contribution in [0.3, 0.4) is 0 Å². The number of hydroxylamine groups is 2. The average Bonchev–Trinajstić information content (AvgIpc) is 4.31. The van der Waals surface area contributed by atoms with Crippen LogP contribution in [0.15, 0.2) is 109 Å². The largest absolute Gasteiger partial charge is 0.464 e. The number of carbonyl (C=O) groups excluding carboxylic acids is 2. The normalized spacial score (nSPS) is 23.7. The van der Waals surface area contributed by atoms with E-state index >= 15 is 4.79 Å². The molecule has 4 aliphatic rings. The topological polar surface area (TPSA) is 185 Å². The highest BCUT2D eigenvalue weighted by molar-refractivity contribution is 7.54. The van der Waals surface area contributed by atoms with Gasteiger partial charge in [0, 0.05) is 25.1 Å². The second kappa shape index (κ2) is 22.2. The molecule has 3 unspecified atom stereocenters. The first kappa shape index (κ1) is 50.6. The van der Waals surface area contributed by atoms with Crippen molar-refractivity contribution < 1.29 is 56.8 Å². The van der Waals surface area contributed by atoms with Crippen LogP contribution in [-0.4, -0.2) is 130 Å². The van der Waals surface area contributed by atoms with Gasteiger partial charge >= 0.3 is 26.6 Å². The molecule has 71 heavy (non-hydrogen) atoms. The van der Waals surface area contributed by atoms with E-state index in [0.717, 1.165) is 23.1 Å². The van der Waals surface area contributed by atoms with Crippen LogP contribution in [0, 0.1) is 0 Å². The van der Waals surface area contributed by atoms with Gasteiger partial charge in [0.1, 0.15) is 18.0 Å². The number of esters is 1. The number of anilines is 1. The SMILES string of the molecule is CCCCOC(=O)[C@H](C)OP(=O)(COCCCN1C(=O)N(Cc2ccc3c(c2)c(N(N2CO2)N2CO2)nn3B(C)O)[C@H](Cc2ccccc2)[C@@H]2OC(C)(C)O[C@H]2[C@H]1Cc1ccccc1)Oc1ccccc1. The molecule has 0 bridgehead atoms.